The molecule has 1 heterocycles. The molecule has 1 fully saturated rings. The van der Waals surface area contributed by atoms with Crippen LogP contribution >= 0.6 is 0 Å². The Bertz CT molecular complexity index is 505. The van der Waals surface area contributed by atoms with E-state index in [0.29, 0.717) is 12.8 Å². The van der Waals surface area contributed by atoms with E-state index >= 15 is 0 Å². The number of aliphatic hydroxyl groups is 2. The second-order valence-electron chi connectivity index (χ2n) is 7.72. The van der Waals surface area contributed by atoms with Crippen LogP contribution in [0, 0.1) is 5.92 Å². The van der Waals surface area contributed by atoms with Crippen LogP contribution in [0.15, 0.2) is 35.5 Å². The van der Waals surface area contributed by atoms with Crippen molar-refractivity contribution in [3.63, 3.8) is 0 Å². The maximum atomic E-state index is 10.5. The van der Waals surface area contributed by atoms with Crippen molar-refractivity contribution in [1.29, 1.82) is 0 Å². The first-order valence-electron chi connectivity index (χ1n) is 8.74. The maximum absolute atomic E-state index is 10.5. The van der Waals surface area contributed by atoms with Gasteiger partial charge in [0.05, 0.1) is 23.9 Å². The second kappa shape index (κ2) is 7.33. The molecule has 0 aromatic carbocycles. The molecule has 0 aromatic rings. The van der Waals surface area contributed by atoms with Gasteiger partial charge in [0.2, 0.25) is 0 Å². The first-order chi connectivity index (χ1) is 10.7. The Labute approximate surface area is 140 Å². The fourth-order valence-electron chi connectivity index (χ4n) is 3.51. The molecule has 2 aliphatic rings. The third kappa shape index (κ3) is 5.03. The van der Waals surface area contributed by atoms with Crippen molar-refractivity contribution in [2.45, 2.75) is 83.7 Å². The first-order valence-corrected chi connectivity index (χ1v) is 8.74. The number of hydrogen-bond acceptors (Lipinski definition) is 3. The van der Waals surface area contributed by atoms with Crippen LogP contribution < -0.4 is 0 Å². The monoisotopic (exact) mass is 320 g/mol. The summed E-state index contributed by atoms with van der Waals surface area (Å²) in [6.45, 7) is 12.3. The summed E-state index contributed by atoms with van der Waals surface area (Å²) in [5.74, 6) is 0.248. The lowest BCUT2D eigenvalue weighted by molar-refractivity contribution is 0.171. The Balaban J connectivity index is 2.18. The predicted molar refractivity (Wildman–Crippen MR) is 94.2 cm³/mol. The molecule has 0 saturated carbocycles. The van der Waals surface area contributed by atoms with Crippen LogP contribution in [0.25, 0.3) is 0 Å². The van der Waals surface area contributed by atoms with Crippen LogP contribution in [0.1, 0.15) is 59.8 Å². The van der Waals surface area contributed by atoms with Gasteiger partial charge in [-0.15, -0.1) is 0 Å². The van der Waals surface area contributed by atoms with E-state index in [2.05, 4.69) is 26.5 Å². The first kappa shape index (κ1) is 18.4. The van der Waals surface area contributed by atoms with Crippen molar-refractivity contribution in [3.8, 4) is 0 Å². The topological polar surface area (TPSA) is 53.0 Å². The minimum absolute atomic E-state index is 0.0386. The zero-order valence-electron chi connectivity index (χ0n) is 15.0. The zero-order chi connectivity index (χ0) is 17.2. The summed E-state index contributed by atoms with van der Waals surface area (Å²) in [7, 11) is 0. The van der Waals surface area contributed by atoms with Gasteiger partial charge in [-0.25, -0.2) is 0 Å². The Morgan fingerprint density at radius 2 is 2.00 bits per heavy atom. The predicted octanol–water partition coefficient (Wildman–Crippen LogP) is 3.91. The highest BCUT2D eigenvalue weighted by molar-refractivity contribution is 5.14. The molecule has 1 saturated heterocycles. The van der Waals surface area contributed by atoms with Gasteiger partial charge >= 0.3 is 0 Å². The Morgan fingerprint density at radius 3 is 2.65 bits per heavy atom. The van der Waals surface area contributed by atoms with Crippen LogP contribution in [-0.2, 0) is 4.74 Å². The van der Waals surface area contributed by atoms with Gasteiger partial charge in [-0.2, -0.15) is 0 Å². The van der Waals surface area contributed by atoms with Gasteiger partial charge in [0.1, 0.15) is 0 Å². The van der Waals surface area contributed by atoms with Gasteiger partial charge < -0.3 is 14.9 Å². The lowest BCUT2D eigenvalue weighted by Gasteiger charge is -2.22. The molecule has 1 aliphatic heterocycles. The highest BCUT2D eigenvalue weighted by Crippen LogP contribution is 2.45. The molecule has 5 atom stereocenters. The largest absolute Gasteiger partial charge is 0.389 e. The normalized spacial score (nSPS) is 44.1. The van der Waals surface area contributed by atoms with Crippen molar-refractivity contribution < 1.29 is 14.9 Å². The van der Waals surface area contributed by atoms with E-state index in [1.807, 2.05) is 13.8 Å². The van der Waals surface area contributed by atoms with Crippen LogP contribution in [0.5, 0.6) is 0 Å². The average molecular weight is 320 g/mol. The number of ether oxygens (including phenoxy) is 1. The molecule has 0 unspecified atom stereocenters. The van der Waals surface area contributed by atoms with E-state index in [1.165, 1.54) is 5.57 Å². The van der Waals surface area contributed by atoms with Gasteiger partial charge in [0.15, 0.2) is 0 Å². The van der Waals surface area contributed by atoms with Gasteiger partial charge in [-0.1, -0.05) is 29.9 Å². The van der Waals surface area contributed by atoms with E-state index in [-0.39, 0.29) is 17.6 Å². The van der Waals surface area contributed by atoms with E-state index in [0.717, 1.165) is 30.4 Å². The van der Waals surface area contributed by atoms with E-state index in [9.17, 15) is 10.2 Å². The lowest BCUT2D eigenvalue weighted by Crippen LogP contribution is -2.20. The van der Waals surface area contributed by atoms with E-state index in [1.54, 1.807) is 6.08 Å². The van der Waals surface area contributed by atoms with Crippen molar-refractivity contribution >= 4 is 0 Å². The zero-order valence-corrected chi connectivity index (χ0v) is 15.0. The molecule has 0 aromatic heterocycles. The Morgan fingerprint density at radius 1 is 1.30 bits per heavy atom. The number of aliphatic hydroxyl groups excluding tert-OH is 2. The second-order valence-corrected chi connectivity index (χ2v) is 7.72. The summed E-state index contributed by atoms with van der Waals surface area (Å²) in [5, 5.41) is 20.7. The smallest absolute Gasteiger partial charge is 0.0923 e. The van der Waals surface area contributed by atoms with Gasteiger partial charge in [0, 0.05) is 0 Å². The third-order valence-electron chi connectivity index (χ3n) is 5.38. The summed E-state index contributed by atoms with van der Waals surface area (Å²) < 4.78 is 5.96. The van der Waals surface area contributed by atoms with Crippen molar-refractivity contribution in [1.82, 2.24) is 0 Å². The molecule has 0 spiro atoms. The van der Waals surface area contributed by atoms with Crippen molar-refractivity contribution in [2.24, 2.45) is 5.92 Å². The van der Waals surface area contributed by atoms with Crippen LogP contribution in [0.4, 0.5) is 0 Å². The minimum Gasteiger partial charge on any atom is -0.389 e. The van der Waals surface area contributed by atoms with Gasteiger partial charge in [-0.05, 0) is 71.3 Å². The molecule has 130 valence electrons. The summed E-state index contributed by atoms with van der Waals surface area (Å²) in [5.41, 5.74) is 3.09. The van der Waals surface area contributed by atoms with Crippen LogP contribution in [0.3, 0.4) is 0 Å². The number of allylic oxidation sites excluding steroid dienone is 2. The van der Waals surface area contributed by atoms with E-state index < -0.39 is 12.2 Å². The summed E-state index contributed by atoms with van der Waals surface area (Å²) in [6, 6.07) is 0. The SMILES string of the molecule is C=C(C)[C@@H]1C[C@H](O)/C(C)=C/[C@H](O)C/C(C)=C/CC[C@@]2(C)O[C@@H]2C1. The molecule has 1 aliphatic carbocycles. The third-order valence-corrected chi connectivity index (χ3v) is 5.38. The van der Waals surface area contributed by atoms with Crippen LogP contribution in [0.2, 0.25) is 0 Å². The molecule has 0 radical (unpaired) electrons. The van der Waals surface area contributed by atoms with Gasteiger partial charge in [-0.3, -0.25) is 0 Å². The molecule has 2 N–H and O–H groups in total. The van der Waals surface area contributed by atoms with Crippen molar-refractivity contribution in [2.75, 3.05) is 0 Å². The number of fused-ring (bicyclic) bond motifs is 1. The van der Waals surface area contributed by atoms with Crippen LogP contribution in [-0.4, -0.2) is 34.1 Å². The summed E-state index contributed by atoms with van der Waals surface area (Å²) >= 11 is 0. The quantitative estimate of drug-likeness (QED) is 0.569. The lowest BCUT2D eigenvalue weighted by atomic mass is 9.85. The fraction of sp³-hybridized carbons (Fsp3) is 0.700. The summed E-state index contributed by atoms with van der Waals surface area (Å²) in [6.07, 6.45) is 7.36. The molecular formula is C20H32O3. The highest BCUT2D eigenvalue weighted by Gasteiger charge is 2.51. The van der Waals surface area contributed by atoms with Crippen molar-refractivity contribution in [3.05, 3.63) is 35.5 Å². The summed E-state index contributed by atoms with van der Waals surface area (Å²) in [4.78, 5) is 0. The Hall–Kier alpha value is -0.900. The number of epoxide rings is 1. The Kier molecular flexibility index (Phi) is 5.88. The maximum Gasteiger partial charge on any atom is 0.0923 e. The molecule has 3 nitrogen and oxygen atoms in total. The molecular weight excluding hydrogens is 288 g/mol. The number of hydrogen-bond donors (Lipinski definition) is 2. The number of rotatable bonds is 1. The van der Waals surface area contributed by atoms with Gasteiger partial charge in [0.25, 0.3) is 0 Å². The molecule has 2 rings (SSSR count). The standard InChI is InChI=1S/C20H32O3/c1-13(2)16-11-18(22)15(4)10-17(21)9-14(3)7-6-8-20(5)19(12-16)23-20/h7,10,16-19,21-22H,1,6,8-9,11-12H2,2-5H3/b14-7+,15-10+/t16-,17-,18+,19-,20-/m1/s1. The molecule has 0 bridgehead atoms. The molecule has 0 amide bonds. The molecule has 23 heavy (non-hydrogen) atoms. The molecule has 3 heteroatoms. The van der Waals surface area contributed by atoms with E-state index in [4.69, 9.17) is 4.74 Å². The average Bonchev–Trinajstić information content (AvgIpc) is 3.06. The minimum atomic E-state index is -0.538. The fourth-order valence-corrected chi connectivity index (χ4v) is 3.51. The highest BCUT2D eigenvalue weighted by atomic mass is 16.6.